The molecular formula is C17H10FN3O5. The van der Waals surface area contributed by atoms with Crippen molar-refractivity contribution in [2.45, 2.75) is 6.10 Å². The number of amides is 2. The molecule has 2 atom stereocenters. The highest BCUT2D eigenvalue weighted by atomic mass is 19.1. The maximum absolute atomic E-state index is 13.1. The minimum absolute atomic E-state index is 0.105. The van der Waals surface area contributed by atoms with Crippen molar-refractivity contribution in [3.8, 4) is 0 Å². The molecule has 130 valence electrons. The van der Waals surface area contributed by atoms with Crippen molar-refractivity contribution in [3.63, 3.8) is 0 Å². The maximum Gasteiger partial charge on any atom is 0.278 e. The Hall–Kier alpha value is -3.62. The van der Waals surface area contributed by atoms with Gasteiger partial charge in [-0.2, -0.15) is 0 Å². The Labute approximate surface area is 145 Å². The quantitative estimate of drug-likeness (QED) is 0.476. The molecule has 2 aromatic carbocycles. The molecule has 2 heterocycles. The van der Waals surface area contributed by atoms with Crippen LogP contribution in [0.2, 0.25) is 0 Å². The van der Waals surface area contributed by atoms with Crippen molar-refractivity contribution in [1.82, 2.24) is 0 Å². The summed E-state index contributed by atoms with van der Waals surface area (Å²) in [7, 11) is 0. The second kappa shape index (κ2) is 5.73. The van der Waals surface area contributed by atoms with Gasteiger partial charge in [-0.25, -0.2) is 9.29 Å². The summed E-state index contributed by atoms with van der Waals surface area (Å²) in [6.45, 7) is 0. The fourth-order valence-electron chi connectivity index (χ4n) is 3.01. The van der Waals surface area contributed by atoms with Gasteiger partial charge in [0.05, 0.1) is 10.6 Å². The van der Waals surface area contributed by atoms with E-state index < -0.39 is 34.6 Å². The maximum atomic E-state index is 13.1. The SMILES string of the molecule is O=C1[C@@H]2C(c3ccc([N+](=O)[O-])cc3)=NO[C@H]2C(=O)N1c1ccc(F)cc1. The van der Waals surface area contributed by atoms with Crippen molar-refractivity contribution in [2.75, 3.05) is 4.90 Å². The predicted octanol–water partition coefficient (Wildman–Crippen LogP) is 2.03. The molecule has 4 rings (SSSR count). The van der Waals surface area contributed by atoms with Gasteiger partial charge in [0, 0.05) is 17.7 Å². The van der Waals surface area contributed by atoms with E-state index in [1.165, 1.54) is 36.4 Å². The molecule has 1 saturated heterocycles. The van der Waals surface area contributed by atoms with Gasteiger partial charge in [-0.3, -0.25) is 19.7 Å². The van der Waals surface area contributed by atoms with E-state index in [4.69, 9.17) is 4.84 Å². The average molecular weight is 355 g/mol. The van der Waals surface area contributed by atoms with E-state index in [2.05, 4.69) is 5.16 Å². The molecular weight excluding hydrogens is 345 g/mol. The van der Waals surface area contributed by atoms with Crippen LogP contribution in [-0.2, 0) is 14.4 Å². The third kappa shape index (κ3) is 2.32. The van der Waals surface area contributed by atoms with Crippen LogP contribution in [0.5, 0.6) is 0 Å². The number of carbonyl (C=O) groups is 2. The molecule has 26 heavy (non-hydrogen) atoms. The molecule has 0 radical (unpaired) electrons. The molecule has 0 N–H and O–H groups in total. The molecule has 2 aliphatic heterocycles. The highest BCUT2D eigenvalue weighted by Crippen LogP contribution is 2.35. The number of fused-ring (bicyclic) bond motifs is 1. The van der Waals surface area contributed by atoms with Crippen LogP contribution in [0.1, 0.15) is 5.56 Å². The Kier molecular flexibility index (Phi) is 3.50. The third-order valence-corrected chi connectivity index (χ3v) is 4.27. The summed E-state index contributed by atoms with van der Waals surface area (Å²) < 4.78 is 13.1. The summed E-state index contributed by atoms with van der Waals surface area (Å²) in [5.74, 6) is -2.57. The number of anilines is 1. The molecule has 0 saturated carbocycles. The smallest absolute Gasteiger partial charge is 0.278 e. The Balaban J connectivity index is 1.66. The lowest BCUT2D eigenvalue weighted by Gasteiger charge is -2.15. The van der Waals surface area contributed by atoms with E-state index in [9.17, 15) is 24.1 Å². The lowest BCUT2D eigenvalue weighted by Crippen LogP contribution is -2.33. The number of hydrogen-bond donors (Lipinski definition) is 0. The first-order valence-corrected chi connectivity index (χ1v) is 7.59. The summed E-state index contributed by atoms with van der Waals surface area (Å²) in [6.07, 6.45) is -1.10. The minimum atomic E-state index is -1.10. The van der Waals surface area contributed by atoms with E-state index in [0.29, 0.717) is 5.56 Å². The molecule has 0 unspecified atom stereocenters. The first-order chi connectivity index (χ1) is 12.5. The summed E-state index contributed by atoms with van der Waals surface area (Å²) in [6, 6.07) is 10.4. The zero-order chi connectivity index (χ0) is 18.4. The second-order valence-corrected chi connectivity index (χ2v) is 5.77. The van der Waals surface area contributed by atoms with Crippen LogP contribution in [0.25, 0.3) is 0 Å². The van der Waals surface area contributed by atoms with E-state index in [1.54, 1.807) is 0 Å². The summed E-state index contributed by atoms with van der Waals surface area (Å²) in [5, 5.41) is 14.6. The normalized spacial score (nSPS) is 21.4. The Bertz CT molecular complexity index is 955. The molecule has 0 aliphatic carbocycles. The molecule has 8 nitrogen and oxygen atoms in total. The number of oxime groups is 1. The standard InChI is InChI=1S/C17H10FN3O5/c18-10-3-7-11(8-4-10)20-16(22)13-14(19-26-15(13)17(20)23)9-1-5-12(6-2-9)21(24)25/h1-8,13,15H/t13-,15-/m1/s1. The van der Waals surface area contributed by atoms with Gasteiger partial charge in [-0.1, -0.05) is 5.16 Å². The van der Waals surface area contributed by atoms with Crippen LogP contribution < -0.4 is 4.90 Å². The number of benzene rings is 2. The second-order valence-electron chi connectivity index (χ2n) is 5.77. The van der Waals surface area contributed by atoms with E-state index in [0.717, 1.165) is 17.0 Å². The Morgan fingerprint density at radius 2 is 1.69 bits per heavy atom. The van der Waals surface area contributed by atoms with Crippen molar-refractivity contribution in [1.29, 1.82) is 0 Å². The highest BCUT2D eigenvalue weighted by Gasteiger charge is 2.56. The largest absolute Gasteiger partial charge is 0.381 e. The number of nitro benzene ring substituents is 1. The topological polar surface area (TPSA) is 102 Å². The van der Waals surface area contributed by atoms with E-state index in [-0.39, 0.29) is 17.1 Å². The molecule has 2 amide bonds. The Morgan fingerprint density at radius 1 is 1.04 bits per heavy atom. The molecule has 9 heteroatoms. The van der Waals surface area contributed by atoms with Crippen LogP contribution in [0.3, 0.4) is 0 Å². The number of nitro groups is 1. The van der Waals surface area contributed by atoms with Gasteiger partial charge in [-0.15, -0.1) is 0 Å². The fourth-order valence-corrected chi connectivity index (χ4v) is 3.01. The number of non-ortho nitro benzene ring substituents is 1. The van der Waals surface area contributed by atoms with Crippen LogP contribution >= 0.6 is 0 Å². The number of carbonyl (C=O) groups excluding carboxylic acids is 2. The molecule has 0 spiro atoms. The summed E-state index contributed by atoms with van der Waals surface area (Å²) >= 11 is 0. The predicted molar refractivity (Wildman–Crippen MR) is 86.9 cm³/mol. The molecule has 2 aliphatic rings. The molecule has 0 bridgehead atoms. The van der Waals surface area contributed by atoms with Gasteiger partial charge in [0.15, 0.2) is 0 Å². The number of nitrogens with zero attached hydrogens (tertiary/aromatic N) is 3. The van der Waals surface area contributed by atoms with Crippen molar-refractivity contribution < 1.29 is 23.7 Å². The van der Waals surface area contributed by atoms with Crippen LogP contribution in [0.4, 0.5) is 15.8 Å². The van der Waals surface area contributed by atoms with Crippen molar-refractivity contribution in [3.05, 3.63) is 70.0 Å². The lowest BCUT2D eigenvalue weighted by molar-refractivity contribution is -0.384. The van der Waals surface area contributed by atoms with Gasteiger partial charge in [-0.05, 0) is 36.4 Å². The zero-order valence-corrected chi connectivity index (χ0v) is 13.0. The monoisotopic (exact) mass is 355 g/mol. The van der Waals surface area contributed by atoms with Gasteiger partial charge in [0.2, 0.25) is 12.0 Å². The number of rotatable bonds is 3. The molecule has 0 aromatic heterocycles. The number of hydrogen-bond acceptors (Lipinski definition) is 6. The van der Waals surface area contributed by atoms with Gasteiger partial charge in [0.25, 0.3) is 11.6 Å². The van der Waals surface area contributed by atoms with Crippen molar-refractivity contribution in [2.24, 2.45) is 11.1 Å². The fraction of sp³-hybridized carbons (Fsp3) is 0.118. The third-order valence-electron chi connectivity index (χ3n) is 4.27. The van der Waals surface area contributed by atoms with Gasteiger partial charge in [0.1, 0.15) is 17.4 Å². The summed E-state index contributed by atoms with van der Waals surface area (Å²) in [5.41, 5.74) is 0.812. The number of imide groups is 1. The Morgan fingerprint density at radius 3 is 2.31 bits per heavy atom. The van der Waals surface area contributed by atoms with Crippen molar-refractivity contribution >= 4 is 28.9 Å². The van der Waals surface area contributed by atoms with Gasteiger partial charge >= 0.3 is 0 Å². The van der Waals surface area contributed by atoms with E-state index >= 15 is 0 Å². The van der Waals surface area contributed by atoms with Crippen LogP contribution in [-0.4, -0.2) is 28.6 Å². The van der Waals surface area contributed by atoms with E-state index in [1.807, 2.05) is 0 Å². The zero-order valence-electron chi connectivity index (χ0n) is 13.0. The lowest BCUT2D eigenvalue weighted by atomic mass is 9.94. The first-order valence-electron chi connectivity index (χ1n) is 7.59. The average Bonchev–Trinajstić information content (AvgIpc) is 3.17. The number of halogens is 1. The minimum Gasteiger partial charge on any atom is -0.381 e. The first kappa shape index (κ1) is 15.9. The van der Waals surface area contributed by atoms with Crippen LogP contribution in [0.15, 0.2) is 53.7 Å². The molecule has 1 fully saturated rings. The highest BCUT2D eigenvalue weighted by molar-refractivity contribution is 6.32. The van der Waals surface area contributed by atoms with Crippen LogP contribution in [0, 0.1) is 21.8 Å². The van der Waals surface area contributed by atoms with Gasteiger partial charge < -0.3 is 4.84 Å². The summed E-state index contributed by atoms with van der Waals surface area (Å²) in [4.78, 5) is 41.6. The molecule has 2 aromatic rings.